The highest BCUT2D eigenvalue weighted by Crippen LogP contribution is 2.28. The molecule has 0 N–H and O–H groups in total. The Morgan fingerprint density at radius 1 is 1.25 bits per heavy atom. The van der Waals surface area contributed by atoms with E-state index in [-0.39, 0.29) is 0 Å². The van der Waals surface area contributed by atoms with Gasteiger partial charge in [0.05, 0.1) is 13.7 Å². The van der Waals surface area contributed by atoms with Gasteiger partial charge in [-0.3, -0.25) is 0 Å². The SMILES string of the molecule is CCCOc1ccc(C=C(C)C)cc1OC. The summed E-state index contributed by atoms with van der Waals surface area (Å²) in [5, 5.41) is 0. The van der Waals surface area contributed by atoms with Gasteiger partial charge in [0.1, 0.15) is 0 Å². The number of rotatable bonds is 5. The zero-order chi connectivity index (χ0) is 12.0. The number of hydrogen-bond acceptors (Lipinski definition) is 2. The molecule has 88 valence electrons. The summed E-state index contributed by atoms with van der Waals surface area (Å²) >= 11 is 0. The van der Waals surface area contributed by atoms with Crippen LogP contribution < -0.4 is 9.47 Å². The van der Waals surface area contributed by atoms with Crippen LogP contribution in [0.2, 0.25) is 0 Å². The monoisotopic (exact) mass is 220 g/mol. The molecule has 2 heteroatoms. The van der Waals surface area contributed by atoms with Crippen molar-refractivity contribution in [2.45, 2.75) is 27.2 Å². The maximum atomic E-state index is 5.59. The fourth-order valence-corrected chi connectivity index (χ4v) is 1.44. The molecule has 0 radical (unpaired) electrons. The quantitative estimate of drug-likeness (QED) is 0.749. The molecule has 0 bridgehead atoms. The Morgan fingerprint density at radius 3 is 2.56 bits per heavy atom. The summed E-state index contributed by atoms with van der Waals surface area (Å²) in [6.45, 7) is 6.96. The lowest BCUT2D eigenvalue weighted by Crippen LogP contribution is -1.97. The molecule has 1 rings (SSSR count). The van der Waals surface area contributed by atoms with Gasteiger partial charge < -0.3 is 9.47 Å². The number of allylic oxidation sites excluding steroid dienone is 1. The largest absolute Gasteiger partial charge is 0.493 e. The molecular weight excluding hydrogens is 200 g/mol. The molecule has 0 spiro atoms. The Kier molecular flexibility index (Phi) is 4.90. The van der Waals surface area contributed by atoms with E-state index in [9.17, 15) is 0 Å². The summed E-state index contributed by atoms with van der Waals surface area (Å²) in [6.07, 6.45) is 3.12. The zero-order valence-corrected chi connectivity index (χ0v) is 10.5. The smallest absolute Gasteiger partial charge is 0.161 e. The van der Waals surface area contributed by atoms with Gasteiger partial charge in [0, 0.05) is 0 Å². The van der Waals surface area contributed by atoms with E-state index in [1.54, 1.807) is 7.11 Å². The van der Waals surface area contributed by atoms with Crippen molar-refractivity contribution in [3.63, 3.8) is 0 Å². The molecule has 0 saturated heterocycles. The highest BCUT2D eigenvalue weighted by Gasteiger charge is 2.04. The van der Waals surface area contributed by atoms with Crippen LogP contribution in [0.5, 0.6) is 11.5 Å². The fraction of sp³-hybridized carbons (Fsp3) is 0.429. The average molecular weight is 220 g/mol. The van der Waals surface area contributed by atoms with Crippen molar-refractivity contribution in [3.8, 4) is 11.5 Å². The third-order valence-corrected chi connectivity index (χ3v) is 2.10. The first-order valence-corrected chi connectivity index (χ1v) is 5.63. The summed E-state index contributed by atoms with van der Waals surface area (Å²) < 4.78 is 10.9. The van der Waals surface area contributed by atoms with Crippen molar-refractivity contribution in [3.05, 3.63) is 29.3 Å². The van der Waals surface area contributed by atoms with Crippen LogP contribution in [-0.2, 0) is 0 Å². The van der Waals surface area contributed by atoms with Crippen LogP contribution in [0.3, 0.4) is 0 Å². The van der Waals surface area contributed by atoms with Crippen molar-refractivity contribution in [2.75, 3.05) is 13.7 Å². The summed E-state index contributed by atoms with van der Waals surface area (Å²) in [4.78, 5) is 0. The first-order valence-electron chi connectivity index (χ1n) is 5.63. The summed E-state index contributed by atoms with van der Waals surface area (Å²) in [7, 11) is 1.67. The maximum absolute atomic E-state index is 5.59. The summed E-state index contributed by atoms with van der Waals surface area (Å²) in [6, 6.07) is 6.00. The molecule has 0 fully saturated rings. The van der Waals surface area contributed by atoms with Crippen LogP contribution in [0.4, 0.5) is 0 Å². The van der Waals surface area contributed by atoms with E-state index in [2.05, 4.69) is 26.8 Å². The van der Waals surface area contributed by atoms with Gasteiger partial charge in [-0.25, -0.2) is 0 Å². The second-order valence-corrected chi connectivity index (χ2v) is 3.98. The lowest BCUT2D eigenvalue weighted by molar-refractivity contribution is 0.294. The minimum Gasteiger partial charge on any atom is -0.493 e. The van der Waals surface area contributed by atoms with E-state index in [4.69, 9.17) is 9.47 Å². The first kappa shape index (κ1) is 12.6. The Balaban J connectivity index is 2.92. The molecule has 2 nitrogen and oxygen atoms in total. The Morgan fingerprint density at radius 2 is 2.00 bits per heavy atom. The van der Waals surface area contributed by atoms with E-state index in [0.717, 1.165) is 30.1 Å². The van der Waals surface area contributed by atoms with Gasteiger partial charge in [0.2, 0.25) is 0 Å². The molecule has 0 atom stereocenters. The van der Waals surface area contributed by atoms with Gasteiger partial charge in [0.25, 0.3) is 0 Å². The number of methoxy groups -OCH3 is 1. The standard InChI is InChI=1S/C14H20O2/c1-5-8-16-13-7-6-12(9-11(2)3)10-14(13)15-4/h6-7,9-10H,5,8H2,1-4H3. The predicted octanol–water partition coefficient (Wildman–Crippen LogP) is 3.91. The van der Waals surface area contributed by atoms with Gasteiger partial charge >= 0.3 is 0 Å². The predicted molar refractivity (Wildman–Crippen MR) is 68.1 cm³/mol. The Hall–Kier alpha value is -1.44. The van der Waals surface area contributed by atoms with Crippen molar-refractivity contribution >= 4 is 6.08 Å². The molecule has 1 aromatic rings. The van der Waals surface area contributed by atoms with Gasteiger partial charge in [0.15, 0.2) is 11.5 Å². The summed E-state index contributed by atoms with van der Waals surface area (Å²) in [5.41, 5.74) is 2.41. The minimum absolute atomic E-state index is 0.721. The van der Waals surface area contributed by atoms with E-state index in [1.807, 2.05) is 18.2 Å². The molecule has 16 heavy (non-hydrogen) atoms. The van der Waals surface area contributed by atoms with Gasteiger partial charge in [-0.1, -0.05) is 24.6 Å². The van der Waals surface area contributed by atoms with Crippen LogP contribution in [0.25, 0.3) is 6.08 Å². The molecule has 0 heterocycles. The van der Waals surface area contributed by atoms with Crippen molar-refractivity contribution in [1.82, 2.24) is 0 Å². The maximum Gasteiger partial charge on any atom is 0.161 e. The molecule has 0 saturated carbocycles. The lowest BCUT2D eigenvalue weighted by atomic mass is 10.1. The number of ether oxygens (including phenoxy) is 2. The number of hydrogen-bond donors (Lipinski definition) is 0. The van der Waals surface area contributed by atoms with E-state index in [0.29, 0.717) is 0 Å². The van der Waals surface area contributed by atoms with Crippen LogP contribution in [0.1, 0.15) is 32.8 Å². The van der Waals surface area contributed by atoms with Crippen LogP contribution in [0, 0.1) is 0 Å². The molecule has 0 aromatic heterocycles. The lowest BCUT2D eigenvalue weighted by Gasteiger charge is -2.10. The topological polar surface area (TPSA) is 18.5 Å². The Bertz CT molecular complexity index is 363. The van der Waals surface area contributed by atoms with Gasteiger partial charge in [-0.2, -0.15) is 0 Å². The second-order valence-electron chi connectivity index (χ2n) is 3.98. The van der Waals surface area contributed by atoms with Crippen LogP contribution in [-0.4, -0.2) is 13.7 Å². The molecule has 0 unspecified atom stereocenters. The molecular formula is C14H20O2. The molecule has 1 aromatic carbocycles. The van der Waals surface area contributed by atoms with Crippen molar-refractivity contribution in [1.29, 1.82) is 0 Å². The van der Waals surface area contributed by atoms with E-state index >= 15 is 0 Å². The third-order valence-electron chi connectivity index (χ3n) is 2.10. The molecule has 0 aliphatic rings. The fourth-order valence-electron chi connectivity index (χ4n) is 1.44. The van der Waals surface area contributed by atoms with Gasteiger partial charge in [-0.15, -0.1) is 0 Å². The van der Waals surface area contributed by atoms with E-state index < -0.39 is 0 Å². The highest BCUT2D eigenvalue weighted by atomic mass is 16.5. The third kappa shape index (κ3) is 3.61. The average Bonchev–Trinajstić information content (AvgIpc) is 2.26. The van der Waals surface area contributed by atoms with Crippen molar-refractivity contribution in [2.24, 2.45) is 0 Å². The molecule has 0 amide bonds. The normalized spacial score (nSPS) is 9.75. The minimum atomic E-state index is 0.721. The van der Waals surface area contributed by atoms with Crippen LogP contribution >= 0.6 is 0 Å². The second kappa shape index (κ2) is 6.21. The van der Waals surface area contributed by atoms with E-state index in [1.165, 1.54) is 5.57 Å². The number of benzene rings is 1. The first-order chi connectivity index (χ1) is 7.67. The van der Waals surface area contributed by atoms with Crippen molar-refractivity contribution < 1.29 is 9.47 Å². The van der Waals surface area contributed by atoms with Gasteiger partial charge in [-0.05, 0) is 38.0 Å². The highest BCUT2D eigenvalue weighted by molar-refractivity contribution is 5.57. The van der Waals surface area contributed by atoms with Crippen LogP contribution in [0.15, 0.2) is 23.8 Å². The molecule has 0 aliphatic carbocycles. The molecule has 0 aliphatic heterocycles. The summed E-state index contributed by atoms with van der Waals surface area (Å²) in [5.74, 6) is 1.61. The Labute approximate surface area is 97.9 Å². The zero-order valence-electron chi connectivity index (χ0n) is 10.5.